The van der Waals surface area contributed by atoms with Gasteiger partial charge in [-0.2, -0.15) is 0 Å². The fourth-order valence-electron chi connectivity index (χ4n) is 3.24. The molecule has 3 rings (SSSR count). The first kappa shape index (κ1) is 20.4. The quantitative estimate of drug-likeness (QED) is 0.476. The molecule has 0 unspecified atom stereocenters. The molecular formula is C19H27N3O6. The van der Waals surface area contributed by atoms with Crippen molar-refractivity contribution >= 4 is 11.8 Å². The van der Waals surface area contributed by atoms with Gasteiger partial charge in [0.1, 0.15) is 0 Å². The van der Waals surface area contributed by atoms with Gasteiger partial charge in [0, 0.05) is 39.9 Å². The van der Waals surface area contributed by atoms with Crippen molar-refractivity contribution in [3.05, 3.63) is 23.8 Å². The molecule has 0 radical (unpaired) electrons. The van der Waals surface area contributed by atoms with E-state index in [-0.39, 0.29) is 12.8 Å². The summed E-state index contributed by atoms with van der Waals surface area (Å²) in [5, 5.41) is 5.34. The lowest BCUT2D eigenvalue weighted by molar-refractivity contribution is -0.139. The molecule has 154 valence electrons. The van der Waals surface area contributed by atoms with Crippen molar-refractivity contribution in [2.24, 2.45) is 0 Å². The first-order valence-electron chi connectivity index (χ1n) is 9.45. The monoisotopic (exact) mass is 393 g/mol. The summed E-state index contributed by atoms with van der Waals surface area (Å²) in [4.78, 5) is 26.4. The molecular weight excluding hydrogens is 366 g/mol. The maximum atomic E-state index is 12.2. The van der Waals surface area contributed by atoms with E-state index in [4.69, 9.17) is 18.9 Å². The van der Waals surface area contributed by atoms with E-state index in [0.29, 0.717) is 50.8 Å². The molecule has 2 N–H and O–H groups in total. The standard InChI is InChI=1S/C19H27N3O6/c1-25-8-2-5-20-18(23)19(24)21-12-15(22-6-9-26-10-7-22)14-3-4-16-17(11-14)28-13-27-16/h3-4,11,15H,2,5-10,12-13H2,1H3,(H,20,23)(H,21,24)/t15-/m0/s1. The Kier molecular flexibility index (Phi) is 7.46. The Morgan fingerprint density at radius 1 is 1.14 bits per heavy atom. The van der Waals surface area contributed by atoms with Gasteiger partial charge in [-0.05, 0) is 24.1 Å². The van der Waals surface area contributed by atoms with Crippen molar-refractivity contribution in [2.75, 3.05) is 59.9 Å². The number of fused-ring (bicyclic) bond motifs is 1. The molecule has 2 aliphatic heterocycles. The lowest BCUT2D eigenvalue weighted by atomic mass is 10.0. The van der Waals surface area contributed by atoms with E-state index in [0.717, 1.165) is 18.7 Å². The van der Waals surface area contributed by atoms with Crippen molar-refractivity contribution in [1.29, 1.82) is 0 Å². The van der Waals surface area contributed by atoms with Crippen molar-refractivity contribution in [2.45, 2.75) is 12.5 Å². The smallest absolute Gasteiger partial charge is 0.309 e. The third-order valence-corrected chi connectivity index (χ3v) is 4.74. The number of hydrogen-bond donors (Lipinski definition) is 2. The zero-order chi connectivity index (χ0) is 19.8. The molecule has 0 bridgehead atoms. The number of benzene rings is 1. The molecule has 1 aromatic rings. The first-order chi connectivity index (χ1) is 13.7. The van der Waals surface area contributed by atoms with Gasteiger partial charge in [0.2, 0.25) is 6.79 Å². The van der Waals surface area contributed by atoms with E-state index in [9.17, 15) is 9.59 Å². The van der Waals surface area contributed by atoms with Crippen LogP contribution in [0.5, 0.6) is 11.5 Å². The van der Waals surface area contributed by atoms with Gasteiger partial charge in [0.25, 0.3) is 0 Å². The summed E-state index contributed by atoms with van der Waals surface area (Å²) in [6.45, 7) is 4.21. The summed E-state index contributed by atoms with van der Waals surface area (Å²) < 4.78 is 21.2. The van der Waals surface area contributed by atoms with Gasteiger partial charge < -0.3 is 29.6 Å². The molecule has 1 atom stereocenters. The summed E-state index contributed by atoms with van der Waals surface area (Å²) in [5.74, 6) is 0.126. The second-order valence-corrected chi connectivity index (χ2v) is 6.59. The highest BCUT2D eigenvalue weighted by molar-refractivity contribution is 6.35. The summed E-state index contributed by atoms with van der Waals surface area (Å²) >= 11 is 0. The van der Waals surface area contributed by atoms with Crippen molar-refractivity contribution in [3.8, 4) is 11.5 Å². The normalized spacial score (nSPS) is 17.2. The third kappa shape index (κ3) is 5.34. The van der Waals surface area contributed by atoms with E-state index in [1.54, 1.807) is 7.11 Å². The highest BCUT2D eigenvalue weighted by atomic mass is 16.7. The van der Waals surface area contributed by atoms with Crippen LogP contribution >= 0.6 is 0 Å². The number of hydrogen-bond acceptors (Lipinski definition) is 7. The highest BCUT2D eigenvalue weighted by Gasteiger charge is 2.26. The number of amides is 2. The van der Waals surface area contributed by atoms with E-state index in [1.807, 2.05) is 18.2 Å². The van der Waals surface area contributed by atoms with Gasteiger partial charge in [0.05, 0.1) is 19.3 Å². The van der Waals surface area contributed by atoms with Crippen LogP contribution in [0.2, 0.25) is 0 Å². The Hall–Kier alpha value is -2.36. The van der Waals surface area contributed by atoms with Crippen LogP contribution in [0.25, 0.3) is 0 Å². The van der Waals surface area contributed by atoms with Crippen LogP contribution in [0, 0.1) is 0 Å². The van der Waals surface area contributed by atoms with Crippen LogP contribution in [0.4, 0.5) is 0 Å². The molecule has 9 heteroatoms. The average Bonchev–Trinajstić information content (AvgIpc) is 3.20. The van der Waals surface area contributed by atoms with Crippen molar-refractivity contribution in [1.82, 2.24) is 15.5 Å². The molecule has 0 aromatic heterocycles. The molecule has 2 amide bonds. The van der Waals surface area contributed by atoms with Gasteiger partial charge in [-0.3, -0.25) is 14.5 Å². The minimum absolute atomic E-state index is 0.0939. The molecule has 1 saturated heterocycles. The Balaban J connectivity index is 1.61. The molecule has 0 spiro atoms. The minimum atomic E-state index is -0.642. The second kappa shape index (κ2) is 10.3. The minimum Gasteiger partial charge on any atom is -0.454 e. The number of morpholine rings is 1. The maximum Gasteiger partial charge on any atom is 0.309 e. The molecule has 0 saturated carbocycles. The fraction of sp³-hybridized carbons (Fsp3) is 0.579. The zero-order valence-corrected chi connectivity index (χ0v) is 16.1. The van der Waals surface area contributed by atoms with Crippen LogP contribution in [0.15, 0.2) is 18.2 Å². The Bertz CT molecular complexity index is 678. The van der Waals surface area contributed by atoms with E-state index in [2.05, 4.69) is 15.5 Å². The summed E-state index contributed by atoms with van der Waals surface area (Å²) in [6.07, 6.45) is 0.656. The lowest BCUT2D eigenvalue weighted by Crippen LogP contribution is -2.46. The number of ether oxygens (including phenoxy) is 4. The van der Waals surface area contributed by atoms with Crippen LogP contribution in [-0.4, -0.2) is 76.6 Å². The Morgan fingerprint density at radius 3 is 2.68 bits per heavy atom. The predicted molar refractivity (Wildman–Crippen MR) is 100 cm³/mol. The van der Waals surface area contributed by atoms with Crippen LogP contribution in [-0.2, 0) is 19.1 Å². The number of carbonyl (C=O) groups is 2. The number of rotatable bonds is 8. The molecule has 2 aliphatic rings. The Labute approximate surface area is 164 Å². The molecule has 28 heavy (non-hydrogen) atoms. The summed E-state index contributed by atoms with van der Waals surface area (Å²) in [5.41, 5.74) is 0.993. The molecule has 0 aliphatic carbocycles. The van der Waals surface area contributed by atoms with Gasteiger partial charge >= 0.3 is 11.8 Å². The van der Waals surface area contributed by atoms with Crippen LogP contribution in [0.3, 0.4) is 0 Å². The van der Waals surface area contributed by atoms with Crippen LogP contribution < -0.4 is 20.1 Å². The van der Waals surface area contributed by atoms with Crippen molar-refractivity contribution in [3.63, 3.8) is 0 Å². The largest absolute Gasteiger partial charge is 0.454 e. The summed E-state index contributed by atoms with van der Waals surface area (Å²) in [7, 11) is 1.59. The van der Waals surface area contributed by atoms with Gasteiger partial charge in [-0.1, -0.05) is 6.07 Å². The van der Waals surface area contributed by atoms with E-state index >= 15 is 0 Å². The average molecular weight is 393 g/mol. The topological polar surface area (TPSA) is 98.4 Å². The number of carbonyl (C=O) groups excluding carboxylic acids is 2. The van der Waals surface area contributed by atoms with Crippen molar-refractivity contribution < 1.29 is 28.5 Å². The van der Waals surface area contributed by atoms with Crippen LogP contribution in [0.1, 0.15) is 18.0 Å². The maximum absolute atomic E-state index is 12.2. The number of nitrogens with one attached hydrogen (secondary N) is 2. The SMILES string of the molecule is COCCCNC(=O)C(=O)NC[C@@H](c1ccc2c(c1)OCO2)N1CCOCC1. The van der Waals surface area contributed by atoms with E-state index < -0.39 is 11.8 Å². The third-order valence-electron chi connectivity index (χ3n) is 4.74. The predicted octanol–water partition coefficient (Wildman–Crippen LogP) is 0.0575. The fourth-order valence-corrected chi connectivity index (χ4v) is 3.24. The molecule has 1 fully saturated rings. The first-order valence-corrected chi connectivity index (χ1v) is 9.45. The van der Waals surface area contributed by atoms with Gasteiger partial charge in [-0.25, -0.2) is 0 Å². The Morgan fingerprint density at radius 2 is 1.89 bits per heavy atom. The number of methoxy groups -OCH3 is 1. The lowest BCUT2D eigenvalue weighted by Gasteiger charge is -2.34. The van der Waals surface area contributed by atoms with Gasteiger partial charge in [0.15, 0.2) is 11.5 Å². The number of nitrogens with zero attached hydrogens (tertiary/aromatic N) is 1. The summed E-state index contributed by atoms with van der Waals surface area (Å²) in [6, 6.07) is 5.67. The van der Waals surface area contributed by atoms with E-state index in [1.165, 1.54) is 0 Å². The highest BCUT2D eigenvalue weighted by Crippen LogP contribution is 2.35. The zero-order valence-electron chi connectivity index (χ0n) is 16.1. The molecule has 9 nitrogen and oxygen atoms in total. The molecule has 1 aromatic carbocycles. The second-order valence-electron chi connectivity index (χ2n) is 6.59. The molecule has 2 heterocycles. The van der Waals surface area contributed by atoms with Gasteiger partial charge in [-0.15, -0.1) is 0 Å².